The van der Waals surface area contributed by atoms with Gasteiger partial charge in [0.2, 0.25) is 0 Å². The van der Waals surface area contributed by atoms with Crippen molar-refractivity contribution in [1.82, 2.24) is 10.2 Å². The van der Waals surface area contributed by atoms with Crippen molar-refractivity contribution in [3.05, 3.63) is 64.2 Å². The summed E-state index contributed by atoms with van der Waals surface area (Å²) in [6, 6.07) is 12.0. The van der Waals surface area contributed by atoms with Crippen molar-refractivity contribution in [3.8, 4) is 0 Å². The molecule has 1 aliphatic rings. The Morgan fingerprint density at radius 3 is 2.65 bits per heavy atom. The van der Waals surface area contributed by atoms with Crippen LogP contribution in [0.5, 0.6) is 0 Å². The van der Waals surface area contributed by atoms with Crippen molar-refractivity contribution in [2.45, 2.75) is 17.9 Å². The smallest absolute Gasteiger partial charge is 0.254 e. The van der Waals surface area contributed by atoms with Gasteiger partial charge in [0, 0.05) is 36.5 Å². The highest BCUT2D eigenvalue weighted by molar-refractivity contribution is 7.90. The number of hydrogen-bond acceptors (Lipinski definition) is 4. The van der Waals surface area contributed by atoms with E-state index >= 15 is 0 Å². The van der Waals surface area contributed by atoms with E-state index < -0.39 is 9.84 Å². The predicted molar refractivity (Wildman–Crippen MR) is 102 cm³/mol. The van der Waals surface area contributed by atoms with Gasteiger partial charge in [-0.25, -0.2) is 8.42 Å². The van der Waals surface area contributed by atoms with Crippen molar-refractivity contribution in [3.63, 3.8) is 0 Å². The minimum absolute atomic E-state index is 0.149. The molecule has 0 bridgehead atoms. The molecule has 7 heteroatoms. The number of nitrogens with zero attached hydrogens (tertiary/aromatic N) is 1. The van der Waals surface area contributed by atoms with Crippen LogP contribution in [0, 0.1) is 6.92 Å². The summed E-state index contributed by atoms with van der Waals surface area (Å²) < 4.78 is 23.7. The van der Waals surface area contributed by atoms with E-state index in [9.17, 15) is 13.2 Å². The van der Waals surface area contributed by atoms with Gasteiger partial charge < -0.3 is 10.2 Å². The van der Waals surface area contributed by atoms with Crippen molar-refractivity contribution >= 4 is 27.3 Å². The molecule has 5 nitrogen and oxygen atoms in total. The average molecular weight is 393 g/mol. The first-order valence-electron chi connectivity index (χ1n) is 8.36. The molecule has 138 valence electrons. The van der Waals surface area contributed by atoms with Gasteiger partial charge >= 0.3 is 0 Å². The molecular formula is C19H21ClN2O3S. The molecule has 1 atom stereocenters. The number of hydrogen-bond donors (Lipinski definition) is 1. The molecule has 1 saturated heterocycles. The lowest BCUT2D eigenvalue weighted by atomic mass is 10.0. The summed E-state index contributed by atoms with van der Waals surface area (Å²) in [6.45, 7) is 3.61. The molecule has 1 amide bonds. The fraction of sp³-hybridized carbons (Fsp3) is 0.316. The monoisotopic (exact) mass is 392 g/mol. The summed E-state index contributed by atoms with van der Waals surface area (Å²) in [4.78, 5) is 15.2. The summed E-state index contributed by atoms with van der Waals surface area (Å²) in [5.74, 6) is -0.181. The number of amides is 1. The largest absolute Gasteiger partial charge is 0.329 e. The summed E-state index contributed by atoms with van der Waals surface area (Å²) >= 11 is 6.34. The molecule has 2 aromatic carbocycles. The van der Waals surface area contributed by atoms with Crippen LogP contribution < -0.4 is 5.32 Å². The van der Waals surface area contributed by atoms with Gasteiger partial charge in [0.15, 0.2) is 9.84 Å². The molecule has 0 spiro atoms. The Morgan fingerprint density at radius 2 is 1.96 bits per heavy atom. The Balaban J connectivity index is 2.01. The summed E-state index contributed by atoms with van der Waals surface area (Å²) in [6.07, 6.45) is 1.14. The van der Waals surface area contributed by atoms with E-state index in [0.717, 1.165) is 17.4 Å². The number of benzene rings is 2. The number of halogens is 1. The Hall–Kier alpha value is -1.89. The number of sulfone groups is 1. The van der Waals surface area contributed by atoms with Crippen molar-refractivity contribution in [2.24, 2.45) is 0 Å². The Kier molecular flexibility index (Phi) is 5.37. The molecular weight excluding hydrogens is 372 g/mol. The van der Waals surface area contributed by atoms with Crippen LogP contribution in [-0.2, 0) is 9.84 Å². The second-order valence-corrected chi connectivity index (χ2v) is 8.91. The third kappa shape index (κ3) is 3.77. The lowest BCUT2D eigenvalue weighted by molar-refractivity contribution is 0.0633. The fourth-order valence-electron chi connectivity index (χ4n) is 3.19. The summed E-state index contributed by atoms with van der Waals surface area (Å²) in [5.41, 5.74) is 2.04. The molecule has 0 saturated carbocycles. The van der Waals surface area contributed by atoms with Crippen LogP contribution in [0.15, 0.2) is 47.4 Å². The van der Waals surface area contributed by atoms with Crippen LogP contribution in [0.25, 0.3) is 0 Å². The molecule has 2 aromatic rings. The first-order chi connectivity index (χ1) is 12.3. The van der Waals surface area contributed by atoms with Crippen LogP contribution in [0.3, 0.4) is 0 Å². The van der Waals surface area contributed by atoms with Crippen molar-refractivity contribution in [1.29, 1.82) is 0 Å². The molecule has 1 fully saturated rings. The maximum atomic E-state index is 13.3. The van der Waals surface area contributed by atoms with Crippen LogP contribution in [0.1, 0.15) is 27.5 Å². The second kappa shape index (κ2) is 7.39. The Labute approximate surface area is 158 Å². The van der Waals surface area contributed by atoms with Gasteiger partial charge in [-0.3, -0.25) is 4.79 Å². The molecule has 26 heavy (non-hydrogen) atoms. The van der Waals surface area contributed by atoms with E-state index in [1.807, 2.05) is 31.2 Å². The maximum absolute atomic E-state index is 13.3. The zero-order chi connectivity index (χ0) is 18.9. The van der Waals surface area contributed by atoms with Gasteiger partial charge in [0.25, 0.3) is 5.91 Å². The number of carbonyl (C=O) groups is 1. The first kappa shape index (κ1) is 18.9. The van der Waals surface area contributed by atoms with Crippen LogP contribution in [0.2, 0.25) is 5.02 Å². The van der Waals surface area contributed by atoms with Gasteiger partial charge in [-0.2, -0.15) is 0 Å². The Bertz CT molecular complexity index is 944. The predicted octanol–water partition coefficient (Wildman–Crippen LogP) is 2.84. The number of piperazine rings is 1. The van der Waals surface area contributed by atoms with Crippen LogP contribution in [0.4, 0.5) is 0 Å². The minimum atomic E-state index is -3.38. The Morgan fingerprint density at radius 1 is 1.23 bits per heavy atom. The van der Waals surface area contributed by atoms with E-state index in [1.165, 1.54) is 12.1 Å². The van der Waals surface area contributed by atoms with E-state index in [-0.39, 0.29) is 16.8 Å². The highest BCUT2D eigenvalue weighted by atomic mass is 35.5. The van der Waals surface area contributed by atoms with Crippen molar-refractivity contribution < 1.29 is 13.2 Å². The topological polar surface area (TPSA) is 66.5 Å². The second-order valence-electron chi connectivity index (χ2n) is 6.49. The molecule has 1 N–H and O–H groups in total. The number of nitrogens with one attached hydrogen (secondary N) is 1. The van der Waals surface area contributed by atoms with Gasteiger partial charge in [-0.1, -0.05) is 35.9 Å². The fourth-order valence-corrected chi connectivity index (χ4v) is 4.10. The molecule has 0 aliphatic carbocycles. The van der Waals surface area contributed by atoms with Gasteiger partial charge in [-0.15, -0.1) is 0 Å². The van der Waals surface area contributed by atoms with Gasteiger partial charge in [-0.05, 0) is 36.2 Å². The SMILES string of the molecule is Cc1ccc(S(C)(=O)=O)cc1C(=O)N1CCNCC1c1ccccc1Cl. The zero-order valence-corrected chi connectivity index (χ0v) is 16.3. The molecule has 3 rings (SSSR count). The lowest BCUT2D eigenvalue weighted by Crippen LogP contribution is -2.49. The van der Waals surface area contributed by atoms with Gasteiger partial charge in [0.05, 0.1) is 10.9 Å². The van der Waals surface area contributed by atoms with Crippen LogP contribution in [-0.4, -0.2) is 45.1 Å². The molecule has 1 heterocycles. The molecule has 1 unspecified atom stereocenters. The number of carbonyl (C=O) groups excluding carboxylic acids is 1. The first-order valence-corrected chi connectivity index (χ1v) is 10.6. The zero-order valence-electron chi connectivity index (χ0n) is 14.7. The van der Waals surface area contributed by atoms with E-state index in [1.54, 1.807) is 11.0 Å². The van der Waals surface area contributed by atoms with E-state index in [0.29, 0.717) is 30.2 Å². The third-order valence-electron chi connectivity index (χ3n) is 4.64. The standard InChI is InChI=1S/C19H21ClN2O3S/c1-13-7-8-14(26(2,24)25)11-16(13)19(23)22-10-9-21-12-18(22)15-5-3-4-6-17(15)20/h3-8,11,18,21H,9-10,12H2,1-2H3. The molecule has 0 aromatic heterocycles. The highest BCUT2D eigenvalue weighted by Crippen LogP contribution is 2.30. The summed E-state index contributed by atoms with van der Waals surface area (Å²) in [7, 11) is -3.38. The molecule has 1 aliphatic heterocycles. The maximum Gasteiger partial charge on any atom is 0.254 e. The van der Waals surface area contributed by atoms with E-state index in [2.05, 4.69) is 5.32 Å². The summed E-state index contributed by atoms with van der Waals surface area (Å²) in [5, 5.41) is 3.91. The number of aryl methyl sites for hydroxylation is 1. The molecule has 0 radical (unpaired) electrons. The van der Waals surface area contributed by atoms with E-state index in [4.69, 9.17) is 11.6 Å². The lowest BCUT2D eigenvalue weighted by Gasteiger charge is -2.37. The highest BCUT2D eigenvalue weighted by Gasteiger charge is 2.30. The van der Waals surface area contributed by atoms with Crippen LogP contribution >= 0.6 is 11.6 Å². The van der Waals surface area contributed by atoms with Crippen molar-refractivity contribution in [2.75, 3.05) is 25.9 Å². The quantitative estimate of drug-likeness (QED) is 0.872. The third-order valence-corrected chi connectivity index (χ3v) is 6.09. The minimum Gasteiger partial charge on any atom is -0.329 e. The normalized spacial score (nSPS) is 18.0. The van der Waals surface area contributed by atoms with Gasteiger partial charge in [0.1, 0.15) is 0 Å². The number of rotatable bonds is 3. The average Bonchev–Trinajstić information content (AvgIpc) is 2.61.